The third kappa shape index (κ3) is 6.98. The van der Waals surface area contributed by atoms with Crippen molar-refractivity contribution in [3.8, 4) is 11.5 Å². The summed E-state index contributed by atoms with van der Waals surface area (Å²) in [4.78, 5) is 14.5. The van der Waals surface area contributed by atoms with Crippen LogP contribution in [-0.4, -0.2) is 34.6 Å². The maximum absolute atomic E-state index is 13.5. The first-order valence-electron chi connectivity index (χ1n) is 12.0. The zero-order valence-electron chi connectivity index (χ0n) is 20.1. The van der Waals surface area contributed by atoms with Crippen molar-refractivity contribution in [3.63, 3.8) is 0 Å². The lowest BCUT2D eigenvalue weighted by molar-refractivity contribution is -0.138. The number of likely N-dealkylation sites (tertiary alicyclic amines) is 1. The monoisotopic (exact) mass is 477 g/mol. The number of rotatable bonds is 8. The fraction of sp³-hybridized carbons (Fsp3) is 0.519. The Morgan fingerprint density at radius 3 is 2.24 bits per heavy atom. The van der Waals surface area contributed by atoms with Crippen LogP contribution in [0.4, 0.5) is 13.2 Å². The van der Waals surface area contributed by atoms with Crippen molar-refractivity contribution in [1.82, 2.24) is 4.90 Å². The second-order valence-corrected chi connectivity index (χ2v) is 9.45. The van der Waals surface area contributed by atoms with Gasteiger partial charge in [0.2, 0.25) is 5.91 Å². The van der Waals surface area contributed by atoms with E-state index in [1.165, 1.54) is 6.07 Å². The van der Waals surface area contributed by atoms with Gasteiger partial charge in [-0.3, -0.25) is 4.79 Å². The molecule has 3 rings (SSSR count). The van der Waals surface area contributed by atoms with Crippen LogP contribution in [0.15, 0.2) is 42.5 Å². The molecule has 1 saturated heterocycles. The average Bonchev–Trinajstić information content (AvgIpc) is 2.78. The molecule has 0 bridgehead atoms. The summed E-state index contributed by atoms with van der Waals surface area (Å²) >= 11 is 0. The lowest BCUT2D eigenvalue weighted by Crippen LogP contribution is -2.47. The Morgan fingerprint density at radius 2 is 1.68 bits per heavy atom. The molecule has 34 heavy (non-hydrogen) atoms. The Balaban J connectivity index is 1.70. The summed E-state index contributed by atoms with van der Waals surface area (Å²) in [5, 5.41) is 10.9. The predicted molar refractivity (Wildman–Crippen MR) is 126 cm³/mol. The third-order valence-electron chi connectivity index (χ3n) is 6.78. The van der Waals surface area contributed by atoms with Gasteiger partial charge in [-0.05, 0) is 68.0 Å². The van der Waals surface area contributed by atoms with Crippen LogP contribution in [0, 0.1) is 12.8 Å². The molecule has 0 spiro atoms. The summed E-state index contributed by atoms with van der Waals surface area (Å²) in [5.74, 6) is 0.671. The molecule has 1 N–H and O–H groups in total. The molecule has 4 nitrogen and oxygen atoms in total. The quantitative estimate of drug-likeness (QED) is 0.470. The smallest absolute Gasteiger partial charge is 0.416 e. The minimum Gasteiger partial charge on any atom is -0.457 e. The molecule has 2 aromatic carbocycles. The highest BCUT2D eigenvalue weighted by atomic mass is 19.4. The van der Waals surface area contributed by atoms with E-state index >= 15 is 0 Å². The number of carbonyl (C=O) groups is 1. The van der Waals surface area contributed by atoms with Crippen LogP contribution in [0.2, 0.25) is 0 Å². The van der Waals surface area contributed by atoms with Crippen LogP contribution in [0.1, 0.15) is 62.6 Å². The number of aliphatic hydroxyl groups is 1. The highest BCUT2D eigenvalue weighted by Gasteiger charge is 2.36. The number of ether oxygens (including phenoxy) is 1. The molecule has 0 unspecified atom stereocenters. The zero-order valence-corrected chi connectivity index (χ0v) is 20.1. The number of amides is 1. The van der Waals surface area contributed by atoms with Gasteiger partial charge in [0.15, 0.2) is 0 Å². The Bertz CT molecular complexity index is 960. The summed E-state index contributed by atoms with van der Waals surface area (Å²) in [6.07, 6.45) is -1.01. The Kier molecular flexibility index (Phi) is 8.29. The third-order valence-corrected chi connectivity index (χ3v) is 6.78. The molecule has 0 aliphatic carbocycles. The molecule has 0 atom stereocenters. The van der Waals surface area contributed by atoms with E-state index in [2.05, 4.69) is 13.8 Å². The number of carbonyl (C=O) groups excluding carboxylic acids is 1. The van der Waals surface area contributed by atoms with E-state index in [1.807, 2.05) is 19.1 Å². The summed E-state index contributed by atoms with van der Waals surface area (Å²) in [5.41, 5.74) is -0.368. The zero-order chi connectivity index (χ0) is 24.9. The Labute approximate surface area is 199 Å². The van der Waals surface area contributed by atoms with Crippen LogP contribution >= 0.6 is 0 Å². The number of hydrogen-bond acceptors (Lipinski definition) is 3. The number of nitrogens with zero attached hydrogens (tertiary/aromatic N) is 1. The molecule has 1 amide bonds. The summed E-state index contributed by atoms with van der Waals surface area (Å²) in [6, 6.07) is 10.5. The maximum Gasteiger partial charge on any atom is 0.416 e. The van der Waals surface area contributed by atoms with Crippen molar-refractivity contribution in [3.05, 3.63) is 59.2 Å². The largest absolute Gasteiger partial charge is 0.457 e. The van der Waals surface area contributed by atoms with Gasteiger partial charge in [0.1, 0.15) is 11.5 Å². The molecule has 1 aliphatic rings. The summed E-state index contributed by atoms with van der Waals surface area (Å²) in [7, 11) is 0. The molecule has 1 aliphatic heterocycles. The van der Waals surface area contributed by atoms with Gasteiger partial charge in [-0.15, -0.1) is 0 Å². The number of piperidine rings is 1. The molecule has 7 heteroatoms. The topological polar surface area (TPSA) is 49.8 Å². The van der Waals surface area contributed by atoms with E-state index in [9.17, 15) is 23.1 Å². The SMILES string of the molecule is CCC(CC)CC1(O)CCN(C(=O)Cc2cc(Oc3ccc(C)cc3)cc(C(F)(F)F)c2)CC1. The molecule has 0 saturated carbocycles. The lowest BCUT2D eigenvalue weighted by atomic mass is 9.81. The first kappa shape index (κ1) is 26.1. The van der Waals surface area contributed by atoms with Gasteiger partial charge in [-0.25, -0.2) is 0 Å². The molecule has 1 heterocycles. The molecule has 0 aromatic heterocycles. The Hall–Kier alpha value is -2.54. The van der Waals surface area contributed by atoms with Crippen molar-refractivity contribution in [2.75, 3.05) is 13.1 Å². The normalized spacial score (nSPS) is 16.1. The fourth-order valence-corrected chi connectivity index (χ4v) is 4.51. The van der Waals surface area contributed by atoms with E-state index in [4.69, 9.17) is 4.74 Å². The van der Waals surface area contributed by atoms with Gasteiger partial charge in [0.05, 0.1) is 17.6 Å². The summed E-state index contributed by atoms with van der Waals surface area (Å²) < 4.78 is 46.2. The second-order valence-electron chi connectivity index (χ2n) is 9.45. The number of aryl methyl sites for hydroxylation is 1. The minimum atomic E-state index is -4.55. The molecule has 186 valence electrons. The van der Waals surface area contributed by atoms with Gasteiger partial charge in [0.25, 0.3) is 0 Å². The molecule has 1 fully saturated rings. The predicted octanol–water partition coefficient (Wildman–Crippen LogP) is 6.53. The maximum atomic E-state index is 13.5. The highest BCUT2D eigenvalue weighted by molar-refractivity contribution is 5.79. The van der Waals surface area contributed by atoms with Gasteiger partial charge in [-0.2, -0.15) is 13.2 Å². The standard InChI is InChI=1S/C27H34F3NO3/c1-4-20(5-2)18-26(33)10-12-31(13-11-26)25(32)16-21-14-22(27(28,29)30)17-24(15-21)34-23-8-6-19(3)7-9-23/h6-9,14-15,17,20,33H,4-5,10-13,16,18H2,1-3H3. The van der Waals surface area contributed by atoms with Crippen LogP contribution in [0.5, 0.6) is 11.5 Å². The first-order valence-corrected chi connectivity index (χ1v) is 12.0. The van der Waals surface area contributed by atoms with E-state index in [-0.39, 0.29) is 23.6 Å². The molecular weight excluding hydrogens is 443 g/mol. The van der Waals surface area contributed by atoms with E-state index in [1.54, 1.807) is 17.0 Å². The molecular formula is C27H34F3NO3. The van der Waals surface area contributed by atoms with E-state index < -0.39 is 17.3 Å². The molecule has 0 radical (unpaired) electrons. The molecule has 2 aromatic rings. The number of halogens is 3. The van der Waals surface area contributed by atoms with Crippen LogP contribution < -0.4 is 4.74 Å². The summed E-state index contributed by atoms with van der Waals surface area (Å²) in [6.45, 7) is 6.94. The second kappa shape index (κ2) is 10.8. The number of alkyl halides is 3. The van der Waals surface area contributed by atoms with Crippen LogP contribution in [0.25, 0.3) is 0 Å². The van der Waals surface area contributed by atoms with Crippen molar-refractivity contribution in [1.29, 1.82) is 0 Å². The van der Waals surface area contributed by atoms with Crippen molar-refractivity contribution < 1.29 is 27.8 Å². The van der Waals surface area contributed by atoms with Gasteiger partial charge >= 0.3 is 6.18 Å². The fourth-order valence-electron chi connectivity index (χ4n) is 4.51. The van der Waals surface area contributed by atoms with Crippen molar-refractivity contribution in [2.45, 2.75) is 71.1 Å². The van der Waals surface area contributed by atoms with Gasteiger partial charge in [0, 0.05) is 13.1 Å². The van der Waals surface area contributed by atoms with Gasteiger partial charge < -0.3 is 14.7 Å². The first-order chi connectivity index (χ1) is 16.0. The number of hydrogen-bond donors (Lipinski definition) is 1. The highest BCUT2D eigenvalue weighted by Crippen LogP contribution is 2.35. The Morgan fingerprint density at radius 1 is 1.06 bits per heavy atom. The van der Waals surface area contributed by atoms with Crippen LogP contribution in [0.3, 0.4) is 0 Å². The lowest BCUT2D eigenvalue weighted by Gasteiger charge is -2.40. The number of benzene rings is 2. The van der Waals surface area contributed by atoms with Crippen LogP contribution in [-0.2, 0) is 17.4 Å². The van der Waals surface area contributed by atoms with E-state index in [0.29, 0.717) is 37.6 Å². The van der Waals surface area contributed by atoms with Crippen molar-refractivity contribution in [2.24, 2.45) is 5.92 Å². The average molecular weight is 478 g/mol. The van der Waals surface area contributed by atoms with Crippen molar-refractivity contribution >= 4 is 5.91 Å². The van der Waals surface area contributed by atoms with E-state index in [0.717, 1.165) is 37.0 Å². The minimum absolute atomic E-state index is 0.0414. The van der Waals surface area contributed by atoms with Gasteiger partial charge in [-0.1, -0.05) is 44.4 Å².